The van der Waals surface area contributed by atoms with Crippen molar-refractivity contribution in [3.8, 4) is 11.1 Å². The Morgan fingerprint density at radius 2 is 1.58 bits per heavy atom. The molecule has 0 bridgehead atoms. The highest BCUT2D eigenvalue weighted by Crippen LogP contribution is 2.38. The van der Waals surface area contributed by atoms with E-state index >= 15 is 0 Å². The van der Waals surface area contributed by atoms with Crippen molar-refractivity contribution in [2.75, 3.05) is 11.4 Å². The van der Waals surface area contributed by atoms with Crippen LogP contribution in [0.4, 0.5) is 18.9 Å². The number of halogens is 3. The molecule has 234 valence electrons. The zero-order valence-corrected chi connectivity index (χ0v) is 25.2. The van der Waals surface area contributed by atoms with Gasteiger partial charge in [-0.3, -0.25) is 13.9 Å². The predicted octanol–water partition coefficient (Wildman–Crippen LogP) is 6.30. The first-order valence-corrected chi connectivity index (χ1v) is 15.7. The Bertz CT molecular complexity index is 1810. The van der Waals surface area contributed by atoms with Gasteiger partial charge in [-0.05, 0) is 71.0 Å². The highest BCUT2D eigenvalue weighted by Gasteiger charge is 2.42. The number of para-hydroxylation sites is 1. The minimum absolute atomic E-state index is 0.0938. The van der Waals surface area contributed by atoms with E-state index in [1.807, 2.05) is 24.3 Å². The van der Waals surface area contributed by atoms with Gasteiger partial charge in [0.15, 0.2) is 0 Å². The Morgan fingerprint density at radius 1 is 0.889 bits per heavy atom. The quantitative estimate of drug-likeness (QED) is 0.206. The number of benzene rings is 4. The van der Waals surface area contributed by atoms with Crippen LogP contribution in [0.25, 0.3) is 11.1 Å². The van der Waals surface area contributed by atoms with Gasteiger partial charge in [0.2, 0.25) is 5.91 Å². The van der Waals surface area contributed by atoms with E-state index in [1.54, 1.807) is 24.3 Å². The zero-order valence-electron chi connectivity index (χ0n) is 24.4. The topological polar surface area (TPSA) is 92.8 Å². The summed E-state index contributed by atoms with van der Waals surface area (Å²) in [5.41, 5.74) is 2.81. The number of nitrogens with zero attached hydrogens (tertiary/aromatic N) is 1. The Balaban J connectivity index is 1.37. The molecule has 7 nitrogen and oxygen atoms in total. The molecule has 5 rings (SSSR count). The van der Waals surface area contributed by atoms with E-state index in [0.717, 1.165) is 27.6 Å². The smallest absolute Gasteiger partial charge is 0.416 e. The second-order valence-corrected chi connectivity index (χ2v) is 12.5. The lowest BCUT2D eigenvalue weighted by Crippen LogP contribution is -2.47. The number of ether oxygens (including phenoxy) is 1. The molecule has 45 heavy (non-hydrogen) atoms. The van der Waals surface area contributed by atoms with E-state index in [2.05, 4.69) is 5.32 Å². The molecule has 0 spiro atoms. The molecular formula is C34H31F3N2O5S. The highest BCUT2D eigenvalue weighted by atomic mass is 32.2. The van der Waals surface area contributed by atoms with Crippen molar-refractivity contribution in [2.24, 2.45) is 0 Å². The highest BCUT2D eigenvalue weighted by molar-refractivity contribution is 7.93. The van der Waals surface area contributed by atoms with Crippen LogP contribution < -0.4 is 9.62 Å². The van der Waals surface area contributed by atoms with Crippen LogP contribution in [0.2, 0.25) is 0 Å². The van der Waals surface area contributed by atoms with Crippen molar-refractivity contribution in [3.63, 3.8) is 0 Å². The maximum absolute atomic E-state index is 14.0. The summed E-state index contributed by atoms with van der Waals surface area (Å²) in [6.45, 7) is 0.166. The van der Waals surface area contributed by atoms with Gasteiger partial charge in [-0.2, -0.15) is 13.2 Å². The minimum Gasteiger partial charge on any atom is -0.469 e. The normalized spacial score (nSPS) is 14.6. The number of carbonyl (C=O) groups is 2. The number of amides is 1. The molecule has 0 unspecified atom stereocenters. The van der Waals surface area contributed by atoms with Gasteiger partial charge in [-0.1, -0.05) is 66.7 Å². The molecule has 0 aliphatic carbocycles. The van der Waals surface area contributed by atoms with E-state index in [-0.39, 0.29) is 30.3 Å². The van der Waals surface area contributed by atoms with Gasteiger partial charge >= 0.3 is 12.1 Å². The summed E-state index contributed by atoms with van der Waals surface area (Å²) in [5, 5.41) is 2.90. The van der Waals surface area contributed by atoms with Gasteiger partial charge in [0.25, 0.3) is 10.0 Å². The number of aryl methyl sites for hydroxylation is 1. The van der Waals surface area contributed by atoms with Crippen LogP contribution in [0.15, 0.2) is 102 Å². The van der Waals surface area contributed by atoms with Crippen molar-refractivity contribution in [3.05, 3.63) is 119 Å². The van der Waals surface area contributed by atoms with Gasteiger partial charge in [-0.15, -0.1) is 0 Å². The molecule has 0 aromatic heterocycles. The Kier molecular flexibility index (Phi) is 9.29. The molecule has 0 saturated heterocycles. The monoisotopic (exact) mass is 636 g/mol. The maximum Gasteiger partial charge on any atom is 0.416 e. The Hall–Kier alpha value is -4.64. The number of nitrogens with one attached hydrogen (secondary N) is 1. The number of fused-ring (bicyclic) bond motifs is 1. The van der Waals surface area contributed by atoms with Gasteiger partial charge in [0, 0.05) is 19.4 Å². The lowest BCUT2D eigenvalue weighted by atomic mass is 10.0. The zero-order chi connectivity index (χ0) is 32.2. The molecule has 1 heterocycles. The van der Waals surface area contributed by atoms with Crippen LogP contribution in [0.5, 0.6) is 0 Å². The number of alkyl halides is 3. The number of sulfonamides is 1. The largest absolute Gasteiger partial charge is 0.469 e. The molecule has 0 radical (unpaired) electrons. The first-order valence-electron chi connectivity index (χ1n) is 14.3. The molecular weight excluding hydrogens is 605 g/mol. The van der Waals surface area contributed by atoms with E-state index in [0.29, 0.717) is 35.2 Å². The van der Waals surface area contributed by atoms with E-state index < -0.39 is 33.7 Å². The maximum atomic E-state index is 14.0. The second kappa shape index (κ2) is 13.2. The molecule has 4 aromatic rings. The average Bonchev–Trinajstić information content (AvgIpc) is 3.44. The molecule has 1 atom stereocenters. The van der Waals surface area contributed by atoms with E-state index in [9.17, 15) is 31.2 Å². The third-order valence-corrected chi connectivity index (χ3v) is 9.63. The number of anilines is 1. The molecule has 1 N–H and O–H groups in total. The summed E-state index contributed by atoms with van der Waals surface area (Å²) in [5.74, 6) is -0.770. The SMILES string of the molecule is COC(=O)CCCc1ccccc1CNC(=O)[C@@H]1Cc2ccccc2N1S(=O)(=O)c1ccc(-c2cccc(C(F)(F)F)c2)cc1. The minimum atomic E-state index is -4.51. The summed E-state index contributed by atoms with van der Waals surface area (Å²) >= 11 is 0. The number of hydrogen-bond acceptors (Lipinski definition) is 5. The van der Waals surface area contributed by atoms with Gasteiger partial charge < -0.3 is 10.1 Å². The van der Waals surface area contributed by atoms with Gasteiger partial charge in [-0.25, -0.2) is 8.42 Å². The van der Waals surface area contributed by atoms with E-state index in [4.69, 9.17) is 4.74 Å². The van der Waals surface area contributed by atoms with Crippen LogP contribution in [-0.2, 0) is 49.9 Å². The number of methoxy groups -OCH3 is 1. The lowest BCUT2D eigenvalue weighted by Gasteiger charge is -2.26. The van der Waals surface area contributed by atoms with E-state index in [1.165, 1.54) is 43.5 Å². The summed E-state index contributed by atoms with van der Waals surface area (Å²) in [4.78, 5) is 25.0. The number of esters is 1. The summed E-state index contributed by atoms with van der Waals surface area (Å²) in [7, 11) is -2.90. The van der Waals surface area contributed by atoms with Crippen molar-refractivity contribution in [2.45, 2.75) is 49.3 Å². The molecule has 0 fully saturated rings. The van der Waals surface area contributed by atoms with Gasteiger partial charge in [0.1, 0.15) is 6.04 Å². The fraction of sp³-hybridized carbons (Fsp3) is 0.235. The third-order valence-electron chi connectivity index (χ3n) is 7.79. The molecule has 1 aliphatic heterocycles. The molecule has 4 aromatic carbocycles. The predicted molar refractivity (Wildman–Crippen MR) is 164 cm³/mol. The van der Waals surface area contributed by atoms with Crippen LogP contribution in [0, 0.1) is 0 Å². The van der Waals surface area contributed by atoms with Crippen molar-refractivity contribution < 1.29 is 35.9 Å². The summed E-state index contributed by atoms with van der Waals surface area (Å²) in [6.07, 6.45) is -2.89. The second-order valence-electron chi connectivity index (χ2n) is 10.7. The van der Waals surface area contributed by atoms with Crippen LogP contribution >= 0.6 is 0 Å². The van der Waals surface area contributed by atoms with Gasteiger partial charge in [0.05, 0.1) is 23.3 Å². The average molecular weight is 637 g/mol. The lowest BCUT2D eigenvalue weighted by molar-refractivity contribution is -0.140. The van der Waals surface area contributed by atoms with Crippen molar-refractivity contribution in [1.29, 1.82) is 0 Å². The fourth-order valence-corrected chi connectivity index (χ4v) is 7.11. The number of rotatable bonds is 10. The number of carbonyl (C=O) groups excluding carboxylic acids is 2. The number of hydrogen-bond donors (Lipinski definition) is 1. The van der Waals surface area contributed by atoms with Crippen LogP contribution in [-0.4, -0.2) is 33.4 Å². The first-order chi connectivity index (χ1) is 21.5. The Labute approximate surface area is 259 Å². The Morgan fingerprint density at radius 3 is 2.29 bits per heavy atom. The molecule has 1 amide bonds. The summed E-state index contributed by atoms with van der Waals surface area (Å²) in [6, 6.07) is 23.7. The summed E-state index contributed by atoms with van der Waals surface area (Å²) < 4.78 is 73.6. The fourth-order valence-electron chi connectivity index (χ4n) is 5.46. The molecule has 11 heteroatoms. The molecule has 0 saturated carbocycles. The third kappa shape index (κ3) is 7.04. The van der Waals surface area contributed by atoms with Crippen LogP contribution in [0.3, 0.4) is 0 Å². The standard InChI is InChI=1S/C34H31F3N2O5S/c1-44-32(40)15-7-11-23-8-2-3-10-27(23)22-38-33(41)31-21-26-9-4-5-14-30(26)39(31)45(42,43)29-18-16-24(17-19-29)25-12-6-13-28(20-25)34(35,36)37/h2-6,8-10,12-14,16-20,31H,7,11,15,21-22H2,1H3,(H,38,41)/t31-/m0/s1. The van der Waals surface area contributed by atoms with Crippen LogP contribution in [0.1, 0.15) is 35.1 Å². The molecule has 1 aliphatic rings. The first kappa shape index (κ1) is 31.8. The van der Waals surface area contributed by atoms with Crippen molar-refractivity contribution in [1.82, 2.24) is 5.32 Å². The van der Waals surface area contributed by atoms with Crippen molar-refractivity contribution >= 4 is 27.6 Å².